The van der Waals surface area contributed by atoms with E-state index in [1.165, 1.54) is 0 Å². The normalized spacial score (nSPS) is 21.2. The van der Waals surface area contributed by atoms with Crippen LogP contribution in [-0.2, 0) is 7.05 Å². The van der Waals surface area contributed by atoms with Crippen molar-refractivity contribution in [2.24, 2.45) is 7.05 Å². The molecule has 1 aliphatic rings. The van der Waals surface area contributed by atoms with Gasteiger partial charge < -0.3 is 4.90 Å². The quantitative estimate of drug-likeness (QED) is 0.689. The maximum absolute atomic E-state index is 12.9. The molecule has 1 aliphatic heterocycles. The molecule has 0 spiro atoms. The number of halogens is 2. The molecule has 0 radical (unpaired) electrons. The molecule has 2 heterocycles. The van der Waals surface area contributed by atoms with Crippen molar-refractivity contribution in [3.05, 3.63) is 12.3 Å². The van der Waals surface area contributed by atoms with Crippen molar-refractivity contribution in [1.82, 2.24) is 9.78 Å². The van der Waals surface area contributed by atoms with Gasteiger partial charge in [-0.25, -0.2) is 8.78 Å². The molecule has 1 saturated heterocycles. The maximum atomic E-state index is 12.9. The SMILES string of the molecule is Cn1nccc1N1CCC(F)(F)CC1. The first kappa shape index (κ1) is 9.43. The fourth-order valence-corrected chi connectivity index (χ4v) is 1.74. The van der Waals surface area contributed by atoms with Crippen molar-refractivity contribution < 1.29 is 8.78 Å². The second kappa shape index (κ2) is 3.22. The zero-order valence-electron chi connectivity index (χ0n) is 8.08. The van der Waals surface area contributed by atoms with Crippen LogP contribution in [-0.4, -0.2) is 28.8 Å². The van der Waals surface area contributed by atoms with Crippen LogP contribution < -0.4 is 4.90 Å². The standard InChI is InChI=1S/C9H13F2N3/c1-13-8(2-5-12-13)14-6-3-9(10,11)4-7-14/h2,5H,3-4,6-7H2,1H3. The molecule has 1 aromatic heterocycles. The van der Waals surface area contributed by atoms with Gasteiger partial charge in [0.25, 0.3) is 5.92 Å². The van der Waals surface area contributed by atoms with Crippen LogP contribution in [0.3, 0.4) is 0 Å². The highest BCUT2D eigenvalue weighted by Crippen LogP contribution is 2.29. The number of nitrogens with zero attached hydrogens (tertiary/aromatic N) is 3. The zero-order valence-corrected chi connectivity index (χ0v) is 8.08. The van der Waals surface area contributed by atoms with Crippen molar-refractivity contribution in [3.63, 3.8) is 0 Å². The first-order valence-corrected chi connectivity index (χ1v) is 4.69. The van der Waals surface area contributed by atoms with E-state index >= 15 is 0 Å². The minimum absolute atomic E-state index is 0.0574. The number of piperidine rings is 1. The van der Waals surface area contributed by atoms with Gasteiger partial charge in [0, 0.05) is 39.0 Å². The smallest absolute Gasteiger partial charge is 0.251 e. The fraction of sp³-hybridized carbons (Fsp3) is 0.667. The van der Waals surface area contributed by atoms with Crippen molar-refractivity contribution in [3.8, 4) is 0 Å². The van der Waals surface area contributed by atoms with E-state index in [0.29, 0.717) is 13.1 Å². The third-order valence-corrected chi connectivity index (χ3v) is 2.61. The summed E-state index contributed by atoms with van der Waals surface area (Å²) >= 11 is 0. The van der Waals surface area contributed by atoms with Crippen LogP contribution in [0.25, 0.3) is 0 Å². The van der Waals surface area contributed by atoms with Gasteiger partial charge in [0.15, 0.2) is 0 Å². The number of aromatic nitrogens is 2. The number of rotatable bonds is 1. The average Bonchev–Trinajstić information content (AvgIpc) is 2.52. The second-order valence-electron chi connectivity index (χ2n) is 3.66. The average molecular weight is 201 g/mol. The summed E-state index contributed by atoms with van der Waals surface area (Å²) in [6.45, 7) is 0.819. The lowest BCUT2D eigenvalue weighted by atomic mass is 10.1. The lowest BCUT2D eigenvalue weighted by Crippen LogP contribution is -2.40. The summed E-state index contributed by atoms with van der Waals surface area (Å²) in [7, 11) is 1.82. The molecule has 1 aromatic rings. The Labute approximate surface area is 81.3 Å². The Bertz CT molecular complexity index is 312. The molecular formula is C9H13F2N3. The van der Waals surface area contributed by atoms with Gasteiger partial charge in [-0.3, -0.25) is 4.68 Å². The highest BCUT2D eigenvalue weighted by molar-refractivity contribution is 5.38. The molecule has 0 saturated carbocycles. The largest absolute Gasteiger partial charge is 0.356 e. The van der Waals surface area contributed by atoms with Gasteiger partial charge in [-0.1, -0.05) is 0 Å². The summed E-state index contributed by atoms with van der Waals surface area (Å²) in [6, 6.07) is 1.85. The van der Waals surface area contributed by atoms with Crippen molar-refractivity contribution in [2.45, 2.75) is 18.8 Å². The lowest BCUT2D eigenvalue weighted by molar-refractivity contribution is -0.0222. The molecule has 0 atom stereocenters. The van der Waals surface area contributed by atoms with Gasteiger partial charge in [-0.15, -0.1) is 0 Å². The van der Waals surface area contributed by atoms with Gasteiger partial charge in [0.05, 0.1) is 6.20 Å². The molecule has 1 fully saturated rings. The van der Waals surface area contributed by atoms with Gasteiger partial charge in [0.1, 0.15) is 5.82 Å². The van der Waals surface area contributed by atoms with Crippen LogP contribution >= 0.6 is 0 Å². The third kappa shape index (κ3) is 1.71. The molecule has 0 N–H and O–H groups in total. The predicted molar refractivity (Wildman–Crippen MR) is 49.6 cm³/mol. The second-order valence-corrected chi connectivity index (χ2v) is 3.66. The van der Waals surface area contributed by atoms with Crippen LogP contribution in [0.2, 0.25) is 0 Å². The highest BCUT2D eigenvalue weighted by Gasteiger charge is 2.34. The predicted octanol–water partition coefficient (Wildman–Crippen LogP) is 1.66. The Hall–Kier alpha value is -1.13. The van der Waals surface area contributed by atoms with Crippen LogP contribution in [0.15, 0.2) is 12.3 Å². The molecule has 0 aliphatic carbocycles. The van der Waals surface area contributed by atoms with Crippen LogP contribution in [0.4, 0.5) is 14.6 Å². The molecule has 0 bridgehead atoms. The number of hydrogen-bond donors (Lipinski definition) is 0. The molecule has 78 valence electrons. The summed E-state index contributed by atoms with van der Waals surface area (Å²) in [4.78, 5) is 1.95. The van der Waals surface area contributed by atoms with E-state index in [9.17, 15) is 8.78 Å². The van der Waals surface area contributed by atoms with E-state index < -0.39 is 5.92 Å². The molecular weight excluding hydrogens is 188 g/mol. The minimum atomic E-state index is -2.48. The first-order chi connectivity index (χ1) is 6.58. The number of aryl methyl sites for hydroxylation is 1. The third-order valence-electron chi connectivity index (χ3n) is 2.61. The monoisotopic (exact) mass is 201 g/mol. The Kier molecular flexibility index (Phi) is 2.17. The molecule has 0 aromatic carbocycles. The Morgan fingerprint density at radius 3 is 2.50 bits per heavy atom. The van der Waals surface area contributed by atoms with Gasteiger partial charge >= 0.3 is 0 Å². The van der Waals surface area contributed by atoms with Gasteiger partial charge in [-0.05, 0) is 0 Å². The number of hydrogen-bond acceptors (Lipinski definition) is 2. The van der Waals surface area contributed by atoms with Crippen LogP contribution in [0.5, 0.6) is 0 Å². The van der Waals surface area contributed by atoms with E-state index in [1.807, 2.05) is 18.0 Å². The van der Waals surface area contributed by atoms with Crippen LogP contribution in [0, 0.1) is 0 Å². The molecule has 2 rings (SSSR count). The van der Waals surface area contributed by atoms with E-state index in [-0.39, 0.29) is 12.8 Å². The Morgan fingerprint density at radius 2 is 2.00 bits per heavy atom. The van der Waals surface area contributed by atoms with Crippen molar-refractivity contribution in [1.29, 1.82) is 0 Å². The molecule has 0 unspecified atom stereocenters. The summed E-state index contributed by atoms with van der Waals surface area (Å²) in [5.41, 5.74) is 0. The zero-order chi connectivity index (χ0) is 10.2. The minimum Gasteiger partial charge on any atom is -0.356 e. The summed E-state index contributed by atoms with van der Waals surface area (Å²) in [5, 5.41) is 4.02. The van der Waals surface area contributed by atoms with Gasteiger partial charge in [-0.2, -0.15) is 5.10 Å². The Balaban J connectivity index is 2.06. The summed E-state index contributed by atoms with van der Waals surface area (Å²) in [6.07, 6.45) is 1.57. The molecule has 3 nitrogen and oxygen atoms in total. The number of anilines is 1. The summed E-state index contributed by atoms with van der Waals surface area (Å²) < 4.78 is 27.5. The van der Waals surface area contributed by atoms with E-state index in [0.717, 1.165) is 5.82 Å². The Morgan fingerprint density at radius 1 is 1.36 bits per heavy atom. The van der Waals surface area contributed by atoms with Gasteiger partial charge in [0.2, 0.25) is 0 Å². The lowest BCUT2D eigenvalue weighted by Gasteiger charge is -2.32. The van der Waals surface area contributed by atoms with Crippen LogP contribution in [0.1, 0.15) is 12.8 Å². The van der Waals surface area contributed by atoms with Crippen molar-refractivity contribution >= 4 is 5.82 Å². The molecule has 14 heavy (non-hydrogen) atoms. The molecule has 5 heteroatoms. The summed E-state index contributed by atoms with van der Waals surface area (Å²) in [5.74, 6) is -1.56. The maximum Gasteiger partial charge on any atom is 0.251 e. The van der Waals surface area contributed by atoms with E-state index in [1.54, 1.807) is 10.9 Å². The molecule has 0 amide bonds. The van der Waals surface area contributed by atoms with E-state index in [4.69, 9.17) is 0 Å². The fourth-order valence-electron chi connectivity index (χ4n) is 1.74. The van der Waals surface area contributed by atoms with E-state index in [2.05, 4.69) is 5.10 Å². The topological polar surface area (TPSA) is 21.1 Å². The number of alkyl halides is 2. The van der Waals surface area contributed by atoms with Crippen molar-refractivity contribution in [2.75, 3.05) is 18.0 Å². The highest BCUT2D eigenvalue weighted by atomic mass is 19.3. The first-order valence-electron chi connectivity index (χ1n) is 4.69.